The monoisotopic (exact) mass is 417 g/mol. The molecule has 1 aromatic carbocycles. The van der Waals surface area contributed by atoms with Gasteiger partial charge in [0.15, 0.2) is 0 Å². The maximum atomic E-state index is 12.8. The van der Waals surface area contributed by atoms with Gasteiger partial charge in [-0.2, -0.15) is 0 Å². The molecule has 1 N–H and O–H groups in total. The van der Waals surface area contributed by atoms with Crippen LogP contribution in [-0.4, -0.2) is 53.9 Å². The number of aliphatic hydroxyl groups is 1. The number of carbonyl (C=O) groups is 3. The fourth-order valence-corrected chi connectivity index (χ4v) is 3.73. The number of methoxy groups -OCH3 is 1. The first-order chi connectivity index (χ1) is 14.1. The van der Waals surface area contributed by atoms with E-state index in [4.69, 9.17) is 14.2 Å². The summed E-state index contributed by atoms with van der Waals surface area (Å²) in [6.45, 7) is 6.10. The Balaban J connectivity index is 1.84. The minimum Gasteiger partial charge on any atom is -0.497 e. The summed E-state index contributed by atoms with van der Waals surface area (Å²) >= 11 is 0. The van der Waals surface area contributed by atoms with Crippen molar-refractivity contribution in [2.24, 2.45) is 11.3 Å². The van der Waals surface area contributed by atoms with Gasteiger partial charge >= 0.3 is 11.9 Å². The number of nitrogens with zero attached hydrogens (tertiary/aromatic N) is 1. The standard InChI is InChI=1S/C22H27NO7/c1-12(24)17-16-10-15(13-6-8-14(28-5)9-7-13)18(23(16)19(17)25)20(26)29-11-30-21(27)22(2,3)4/h6-9,12,16-17,24H,10-11H2,1-5H3/t12-,16-,17-/m1/s1. The van der Waals surface area contributed by atoms with Crippen LogP contribution in [0.25, 0.3) is 5.57 Å². The van der Waals surface area contributed by atoms with Crippen LogP contribution in [0.5, 0.6) is 5.75 Å². The number of amides is 1. The van der Waals surface area contributed by atoms with Crippen LogP contribution in [0.2, 0.25) is 0 Å². The Labute approximate surface area is 175 Å². The average molecular weight is 417 g/mol. The van der Waals surface area contributed by atoms with Gasteiger partial charge in [0.25, 0.3) is 0 Å². The van der Waals surface area contributed by atoms with Crippen molar-refractivity contribution in [2.75, 3.05) is 13.9 Å². The zero-order valence-electron chi connectivity index (χ0n) is 17.8. The molecule has 0 unspecified atom stereocenters. The molecule has 2 aliphatic rings. The fraction of sp³-hybridized carbons (Fsp3) is 0.500. The van der Waals surface area contributed by atoms with Gasteiger partial charge in [-0.1, -0.05) is 12.1 Å². The van der Waals surface area contributed by atoms with Crippen molar-refractivity contribution in [3.8, 4) is 5.75 Å². The lowest BCUT2D eigenvalue weighted by Crippen LogP contribution is -2.61. The van der Waals surface area contributed by atoms with Gasteiger partial charge in [-0.3, -0.25) is 9.59 Å². The first kappa shape index (κ1) is 21.8. The summed E-state index contributed by atoms with van der Waals surface area (Å²) < 4.78 is 15.3. The van der Waals surface area contributed by atoms with Gasteiger partial charge in [-0.15, -0.1) is 0 Å². The molecule has 1 amide bonds. The van der Waals surface area contributed by atoms with Crippen molar-refractivity contribution < 1.29 is 33.7 Å². The van der Waals surface area contributed by atoms with Crippen molar-refractivity contribution >= 4 is 23.4 Å². The van der Waals surface area contributed by atoms with Crippen molar-refractivity contribution in [1.82, 2.24) is 4.90 Å². The van der Waals surface area contributed by atoms with E-state index in [-0.39, 0.29) is 17.6 Å². The normalized spacial score (nSPS) is 21.7. The number of rotatable bonds is 6. The maximum Gasteiger partial charge on any atom is 0.358 e. The molecule has 0 aromatic heterocycles. The second kappa shape index (κ2) is 8.10. The number of hydrogen-bond donors (Lipinski definition) is 1. The first-order valence-corrected chi connectivity index (χ1v) is 9.79. The summed E-state index contributed by atoms with van der Waals surface area (Å²) in [5.74, 6) is -1.48. The molecular weight excluding hydrogens is 390 g/mol. The molecule has 8 heteroatoms. The molecule has 8 nitrogen and oxygen atoms in total. The first-order valence-electron chi connectivity index (χ1n) is 9.79. The highest BCUT2D eigenvalue weighted by atomic mass is 16.7. The predicted molar refractivity (Wildman–Crippen MR) is 107 cm³/mol. The van der Waals surface area contributed by atoms with E-state index < -0.39 is 36.2 Å². The van der Waals surface area contributed by atoms with E-state index in [9.17, 15) is 19.5 Å². The number of carbonyl (C=O) groups excluding carboxylic acids is 3. The number of benzene rings is 1. The highest BCUT2D eigenvalue weighted by Crippen LogP contribution is 2.47. The number of fused-ring (bicyclic) bond motifs is 1. The third-order valence-corrected chi connectivity index (χ3v) is 5.35. The van der Waals surface area contributed by atoms with Crippen molar-refractivity contribution in [1.29, 1.82) is 0 Å². The fourth-order valence-electron chi connectivity index (χ4n) is 3.73. The van der Waals surface area contributed by atoms with Crippen LogP contribution in [0.3, 0.4) is 0 Å². The molecular formula is C22H27NO7. The highest BCUT2D eigenvalue weighted by Gasteiger charge is 2.57. The van der Waals surface area contributed by atoms with Crippen molar-refractivity contribution in [3.05, 3.63) is 35.5 Å². The number of hydrogen-bond acceptors (Lipinski definition) is 7. The third-order valence-electron chi connectivity index (χ3n) is 5.35. The number of ether oxygens (including phenoxy) is 3. The van der Waals surface area contributed by atoms with Gasteiger partial charge in [0, 0.05) is 0 Å². The number of aliphatic hydroxyl groups excluding tert-OH is 1. The average Bonchev–Trinajstić information content (AvgIpc) is 3.01. The smallest absolute Gasteiger partial charge is 0.358 e. The summed E-state index contributed by atoms with van der Waals surface area (Å²) in [4.78, 5) is 38.7. The van der Waals surface area contributed by atoms with Crippen LogP contribution in [-0.2, 0) is 23.9 Å². The molecule has 1 saturated heterocycles. The van der Waals surface area contributed by atoms with Crippen LogP contribution in [0.1, 0.15) is 39.7 Å². The summed E-state index contributed by atoms with van der Waals surface area (Å²) in [5.41, 5.74) is 0.794. The van der Waals surface area contributed by atoms with Crippen LogP contribution < -0.4 is 4.74 Å². The van der Waals surface area contributed by atoms with Crippen LogP contribution in [0, 0.1) is 11.3 Å². The predicted octanol–water partition coefficient (Wildman–Crippen LogP) is 2.11. The topological polar surface area (TPSA) is 102 Å². The Hall–Kier alpha value is -2.87. The molecule has 0 spiro atoms. The molecule has 1 fully saturated rings. The Morgan fingerprint density at radius 2 is 1.83 bits per heavy atom. The molecule has 0 bridgehead atoms. The zero-order chi connectivity index (χ0) is 22.2. The molecule has 0 radical (unpaired) electrons. The van der Waals surface area contributed by atoms with Gasteiger partial charge in [0.05, 0.1) is 30.6 Å². The lowest BCUT2D eigenvalue weighted by atomic mass is 9.82. The third kappa shape index (κ3) is 3.92. The van der Waals surface area contributed by atoms with Gasteiger partial charge in [0.1, 0.15) is 11.4 Å². The van der Waals surface area contributed by atoms with Gasteiger partial charge in [0.2, 0.25) is 12.7 Å². The van der Waals surface area contributed by atoms with E-state index in [1.807, 2.05) is 0 Å². The molecule has 162 valence electrons. The second-order valence-electron chi connectivity index (χ2n) is 8.53. The summed E-state index contributed by atoms with van der Waals surface area (Å²) in [7, 11) is 1.56. The van der Waals surface area contributed by atoms with Crippen LogP contribution >= 0.6 is 0 Å². The Bertz CT molecular complexity index is 880. The lowest BCUT2D eigenvalue weighted by Gasteiger charge is -2.44. The van der Waals surface area contributed by atoms with E-state index in [0.717, 1.165) is 5.56 Å². The Kier molecular flexibility index (Phi) is 5.90. The van der Waals surface area contributed by atoms with E-state index >= 15 is 0 Å². The molecule has 2 heterocycles. The van der Waals surface area contributed by atoms with Gasteiger partial charge in [-0.05, 0) is 57.4 Å². The quantitative estimate of drug-likeness (QED) is 0.430. The van der Waals surface area contributed by atoms with Crippen molar-refractivity contribution in [2.45, 2.75) is 46.3 Å². The van der Waals surface area contributed by atoms with E-state index in [2.05, 4.69) is 0 Å². The minimum absolute atomic E-state index is 0.124. The highest BCUT2D eigenvalue weighted by molar-refractivity contribution is 6.06. The van der Waals surface area contributed by atoms with E-state index in [1.54, 1.807) is 59.1 Å². The minimum atomic E-state index is -0.820. The van der Waals surface area contributed by atoms with Crippen LogP contribution in [0.4, 0.5) is 0 Å². The molecule has 1 aromatic rings. The molecule has 3 atom stereocenters. The lowest BCUT2D eigenvalue weighted by molar-refractivity contribution is -0.175. The van der Waals surface area contributed by atoms with Gasteiger partial charge in [-0.25, -0.2) is 4.79 Å². The van der Waals surface area contributed by atoms with Gasteiger partial charge < -0.3 is 24.2 Å². The Morgan fingerprint density at radius 3 is 2.37 bits per heavy atom. The molecule has 30 heavy (non-hydrogen) atoms. The molecule has 0 saturated carbocycles. The van der Waals surface area contributed by atoms with E-state index in [0.29, 0.717) is 17.7 Å². The number of β-lactam (4-membered cyclic amide) rings is 1. The molecule has 0 aliphatic carbocycles. The summed E-state index contributed by atoms with van der Waals surface area (Å²) in [5, 5.41) is 9.96. The van der Waals surface area contributed by atoms with E-state index in [1.165, 1.54) is 4.90 Å². The maximum absolute atomic E-state index is 12.8. The summed E-state index contributed by atoms with van der Waals surface area (Å²) in [6, 6.07) is 6.82. The Morgan fingerprint density at radius 1 is 1.20 bits per heavy atom. The second-order valence-corrected chi connectivity index (χ2v) is 8.53. The zero-order valence-corrected chi connectivity index (χ0v) is 17.8. The summed E-state index contributed by atoms with van der Waals surface area (Å²) in [6.07, 6.45) is -0.404. The number of esters is 2. The molecule has 2 aliphatic heterocycles. The SMILES string of the molecule is COc1ccc(C2=C(C(=O)OCOC(=O)C(C)(C)C)N3C(=O)[C@H]([C@@H](C)O)[C@H]3C2)cc1. The molecule has 3 rings (SSSR count). The largest absolute Gasteiger partial charge is 0.497 e. The van der Waals surface area contributed by atoms with Crippen LogP contribution in [0.15, 0.2) is 30.0 Å². The van der Waals surface area contributed by atoms with Crippen molar-refractivity contribution in [3.63, 3.8) is 0 Å².